The average molecular weight is 404 g/mol. The number of rotatable bonds is 6. The maximum absolute atomic E-state index is 12.2. The molecule has 0 radical (unpaired) electrons. The van der Waals surface area contributed by atoms with E-state index in [0.717, 1.165) is 15.6 Å². The Kier molecular flexibility index (Phi) is 6.76. The molecule has 0 aliphatic rings. The van der Waals surface area contributed by atoms with Gasteiger partial charge in [-0.15, -0.1) is 0 Å². The van der Waals surface area contributed by atoms with Crippen LogP contribution >= 0.6 is 15.9 Å². The molecule has 0 aromatic heterocycles. The van der Waals surface area contributed by atoms with E-state index in [1.54, 1.807) is 6.92 Å². The number of hydrogen-bond donors (Lipinski definition) is 1. The first-order chi connectivity index (χ1) is 11.9. The van der Waals surface area contributed by atoms with E-state index >= 15 is 0 Å². The van der Waals surface area contributed by atoms with Crippen LogP contribution in [0.1, 0.15) is 37.3 Å². The molecule has 1 amide bonds. The fourth-order valence-corrected chi connectivity index (χ4v) is 3.00. The van der Waals surface area contributed by atoms with Crippen LogP contribution in [-0.2, 0) is 14.3 Å². The lowest BCUT2D eigenvalue weighted by Crippen LogP contribution is -2.30. The van der Waals surface area contributed by atoms with Crippen molar-refractivity contribution in [3.8, 4) is 0 Å². The highest BCUT2D eigenvalue weighted by Gasteiger charge is 2.20. The Morgan fingerprint density at radius 2 is 1.80 bits per heavy atom. The van der Waals surface area contributed by atoms with Crippen molar-refractivity contribution in [2.75, 3.05) is 5.32 Å². The molecule has 2 aromatic rings. The Morgan fingerprint density at radius 1 is 1.12 bits per heavy atom. The van der Waals surface area contributed by atoms with Crippen molar-refractivity contribution in [2.24, 2.45) is 0 Å². The van der Waals surface area contributed by atoms with Crippen molar-refractivity contribution in [2.45, 2.75) is 39.2 Å². The Labute approximate surface area is 156 Å². The SMILES string of the molecule is Cc1ccc(NC(=O)[C@@H](C)OC(=O)C[C@H](C)c2ccccc2)c(Br)c1. The predicted octanol–water partition coefficient (Wildman–Crippen LogP) is 4.82. The van der Waals surface area contributed by atoms with Crippen molar-refractivity contribution in [1.82, 2.24) is 0 Å². The van der Waals surface area contributed by atoms with Gasteiger partial charge in [0.05, 0.1) is 12.1 Å². The number of ether oxygens (including phenoxy) is 1. The molecule has 0 aliphatic carbocycles. The molecule has 5 heteroatoms. The van der Waals surface area contributed by atoms with Gasteiger partial charge in [-0.25, -0.2) is 0 Å². The molecule has 0 saturated carbocycles. The molecule has 132 valence electrons. The second-order valence-electron chi connectivity index (χ2n) is 6.12. The largest absolute Gasteiger partial charge is 0.453 e. The monoisotopic (exact) mass is 403 g/mol. The maximum atomic E-state index is 12.2. The van der Waals surface area contributed by atoms with Crippen LogP contribution in [0.15, 0.2) is 53.0 Å². The first kappa shape index (κ1) is 19.2. The summed E-state index contributed by atoms with van der Waals surface area (Å²) in [4.78, 5) is 24.3. The Hall–Kier alpha value is -2.14. The van der Waals surface area contributed by atoms with Gasteiger partial charge in [0.15, 0.2) is 6.10 Å². The lowest BCUT2D eigenvalue weighted by molar-refractivity contribution is -0.153. The van der Waals surface area contributed by atoms with E-state index < -0.39 is 6.10 Å². The number of hydrogen-bond acceptors (Lipinski definition) is 3. The molecule has 0 aliphatic heterocycles. The lowest BCUT2D eigenvalue weighted by atomic mass is 9.98. The molecule has 0 bridgehead atoms. The quantitative estimate of drug-likeness (QED) is 0.703. The van der Waals surface area contributed by atoms with Gasteiger partial charge in [0.25, 0.3) is 5.91 Å². The van der Waals surface area contributed by atoms with Crippen LogP contribution in [0.25, 0.3) is 0 Å². The fraction of sp³-hybridized carbons (Fsp3) is 0.300. The van der Waals surface area contributed by atoms with Crippen LogP contribution in [0.3, 0.4) is 0 Å². The van der Waals surface area contributed by atoms with Crippen molar-refractivity contribution >= 4 is 33.5 Å². The van der Waals surface area contributed by atoms with Gasteiger partial charge < -0.3 is 10.1 Å². The van der Waals surface area contributed by atoms with Crippen LogP contribution < -0.4 is 5.32 Å². The molecule has 1 N–H and O–H groups in total. The number of amides is 1. The third-order valence-electron chi connectivity index (χ3n) is 3.90. The fourth-order valence-electron chi connectivity index (χ4n) is 2.40. The number of benzene rings is 2. The van der Waals surface area contributed by atoms with Gasteiger partial charge in [-0.05, 0) is 59.0 Å². The highest BCUT2D eigenvalue weighted by atomic mass is 79.9. The molecule has 25 heavy (non-hydrogen) atoms. The molecule has 2 aromatic carbocycles. The summed E-state index contributed by atoms with van der Waals surface area (Å²) < 4.78 is 6.06. The first-order valence-corrected chi connectivity index (χ1v) is 8.97. The third kappa shape index (κ3) is 5.71. The minimum Gasteiger partial charge on any atom is -0.453 e. The topological polar surface area (TPSA) is 55.4 Å². The maximum Gasteiger partial charge on any atom is 0.307 e. The van der Waals surface area contributed by atoms with Crippen molar-refractivity contribution < 1.29 is 14.3 Å². The highest BCUT2D eigenvalue weighted by molar-refractivity contribution is 9.10. The molecule has 0 fully saturated rings. The number of nitrogens with one attached hydrogen (secondary N) is 1. The third-order valence-corrected chi connectivity index (χ3v) is 4.56. The van der Waals surface area contributed by atoms with Crippen LogP contribution in [0.2, 0.25) is 0 Å². The van der Waals surface area contributed by atoms with Gasteiger partial charge in [0, 0.05) is 4.47 Å². The summed E-state index contributed by atoms with van der Waals surface area (Å²) >= 11 is 3.41. The number of halogens is 1. The lowest BCUT2D eigenvalue weighted by Gasteiger charge is -2.16. The van der Waals surface area contributed by atoms with E-state index in [9.17, 15) is 9.59 Å². The summed E-state index contributed by atoms with van der Waals surface area (Å²) in [5.74, 6) is -0.706. The number of esters is 1. The van der Waals surface area contributed by atoms with Gasteiger partial charge in [0.1, 0.15) is 0 Å². The minimum atomic E-state index is -0.858. The molecular formula is C20H22BrNO3. The smallest absolute Gasteiger partial charge is 0.307 e. The first-order valence-electron chi connectivity index (χ1n) is 8.18. The molecule has 0 saturated heterocycles. The summed E-state index contributed by atoms with van der Waals surface area (Å²) in [7, 11) is 0. The van der Waals surface area contributed by atoms with Crippen molar-refractivity contribution in [3.05, 3.63) is 64.1 Å². The predicted molar refractivity (Wildman–Crippen MR) is 103 cm³/mol. The van der Waals surface area contributed by atoms with Gasteiger partial charge in [-0.2, -0.15) is 0 Å². The Bertz CT molecular complexity index is 746. The van der Waals surface area contributed by atoms with Crippen molar-refractivity contribution in [3.63, 3.8) is 0 Å². The second kappa shape index (κ2) is 8.81. The highest BCUT2D eigenvalue weighted by Crippen LogP contribution is 2.24. The van der Waals surface area contributed by atoms with Gasteiger partial charge in [-0.3, -0.25) is 9.59 Å². The minimum absolute atomic E-state index is 0.0372. The van der Waals surface area contributed by atoms with E-state index in [1.807, 2.05) is 62.4 Å². The number of aryl methyl sites for hydroxylation is 1. The molecule has 2 atom stereocenters. The van der Waals surface area contributed by atoms with E-state index in [0.29, 0.717) is 5.69 Å². The normalized spacial score (nSPS) is 13.0. The summed E-state index contributed by atoms with van der Waals surface area (Å²) in [6, 6.07) is 15.4. The average Bonchev–Trinajstić information content (AvgIpc) is 2.57. The molecular weight excluding hydrogens is 382 g/mol. The molecule has 0 unspecified atom stereocenters. The van der Waals surface area contributed by atoms with Gasteiger partial charge >= 0.3 is 5.97 Å². The summed E-state index contributed by atoms with van der Waals surface area (Å²) in [6.07, 6.45) is -0.626. The van der Waals surface area contributed by atoms with Crippen LogP contribution in [0.5, 0.6) is 0 Å². The summed E-state index contributed by atoms with van der Waals surface area (Å²) in [5.41, 5.74) is 2.80. The summed E-state index contributed by atoms with van der Waals surface area (Å²) in [6.45, 7) is 5.50. The van der Waals surface area contributed by atoms with E-state index in [1.165, 1.54) is 0 Å². The molecule has 2 rings (SSSR count). The molecule has 0 heterocycles. The van der Waals surface area contributed by atoms with Gasteiger partial charge in [0.2, 0.25) is 0 Å². The van der Waals surface area contributed by atoms with E-state index in [4.69, 9.17) is 4.74 Å². The Balaban J connectivity index is 1.88. The Morgan fingerprint density at radius 3 is 2.44 bits per heavy atom. The van der Waals surface area contributed by atoms with Crippen LogP contribution in [0.4, 0.5) is 5.69 Å². The van der Waals surface area contributed by atoms with Crippen LogP contribution in [0, 0.1) is 6.92 Å². The zero-order chi connectivity index (χ0) is 18.4. The van der Waals surface area contributed by atoms with Gasteiger partial charge in [-0.1, -0.05) is 43.3 Å². The zero-order valence-corrected chi connectivity index (χ0v) is 16.2. The van der Waals surface area contributed by atoms with E-state index in [2.05, 4.69) is 21.2 Å². The number of carbonyl (C=O) groups is 2. The zero-order valence-electron chi connectivity index (χ0n) is 14.6. The number of anilines is 1. The second-order valence-corrected chi connectivity index (χ2v) is 6.97. The number of carbonyl (C=O) groups excluding carboxylic acids is 2. The standard InChI is InChI=1S/C20H22BrNO3/c1-13-9-10-18(17(21)11-13)22-20(24)15(3)25-19(23)12-14(2)16-7-5-4-6-8-16/h4-11,14-15H,12H2,1-3H3,(H,22,24)/t14-,15+/m0/s1. The summed E-state index contributed by atoms with van der Waals surface area (Å²) in [5, 5.41) is 2.76. The van der Waals surface area contributed by atoms with Crippen LogP contribution in [-0.4, -0.2) is 18.0 Å². The molecule has 0 spiro atoms. The molecule has 4 nitrogen and oxygen atoms in total. The van der Waals surface area contributed by atoms with E-state index in [-0.39, 0.29) is 24.2 Å². The van der Waals surface area contributed by atoms with Crippen molar-refractivity contribution in [1.29, 1.82) is 0 Å².